The molecular formula is C80H60N2. The Hall–Kier alpha value is -10.3. The van der Waals surface area contributed by atoms with E-state index < -0.39 is 22.9 Å². The van der Waals surface area contributed by atoms with Crippen molar-refractivity contribution < 1.29 is 13.7 Å². The van der Waals surface area contributed by atoms with Crippen molar-refractivity contribution in [3.8, 4) is 33.4 Å². The minimum atomic E-state index is -1.20. The summed E-state index contributed by atoms with van der Waals surface area (Å²) in [6.07, 6.45) is 4.20. The van der Waals surface area contributed by atoms with Crippen molar-refractivity contribution in [1.82, 2.24) is 0 Å². The molecule has 0 amide bonds. The Labute approximate surface area is 496 Å². The fourth-order valence-corrected chi connectivity index (χ4v) is 12.8. The van der Waals surface area contributed by atoms with Gasteiger partial charge in [0.15, 0.2) is 0 Å². The van der Waals surface area contributed by atoms with Gasteiger partial charge in [-0.25, -0.2) is 0 Å². The summed E-state index contributed by atoms with van der Waals surface area (Å²) < 4.78 is 91.6. The SMILES string of the molecule is [2H]c1c([2H])c([2H])c(C2(Cc3ccc(C=C)cc3)c3ccccc3-c3ccc(N(c4ccccc4)c4ccc(-c5ccc(N(c6ccccc6)c6ccc7c(c6)C(Cc6ccc(C=C)cc6)(c6c([2H])c([2H])c([2H])c([2H])c6[2H])c6ccccc6-7)cc5)cc4)cc32)c([2H])c1[2H]. The highest BCUT2D eigenvalue weighted by Crippen LogP contribution is 2.57. The first-order valence-corrected chi connectivity index (χ1v) is 27.6. The van der Waals surface area contributed by atoms with E-state index in [1.807, 2.05) is 121 Å². The number of hydrogen-bond acceptors (Lipinski definition) is 2. The number of rotatable bonds is 15. The van der Waals surface area contributed by atoms with E-state index in [1.165, 1.54) is 0 Å². The number of nitrogens with zero attached hydrogens (tertiary/aromatic N) is 2. The smallest absolute Gasteiger partial charge is 0.0626 e. The molecule has 2 nitrogen and oxygen atoms in total. The van der Waals surface area contributed by atoms with Crippen LogP contribution in [0.4, 0.5) is 34.1 Å². The zero-order chi connectivity index (χ0) is 63.7. The molecular weight excluding hydrogens is 989 g/mol. The van der Waals surface area contributed by atoms with Gasteiger partial charge in [0, 0.05) is 34.1 Å². The highest BCUT2D eigenvalue weighted by molar-refractivity contribution is 5.90. The van der Waals surface area contributed by atoms with Gasteiger partial charge in [0.2, 0.25) is 0 Å². The van der Waals surface area contributed by atoms with E-state index in [4.69, 9.17) is 8.22 Å². The van der Waals surface area contributed by atoms with Gasteiger partial charge in [0.1, 0.15) is 0 Å². The maximum Gasteiger partial charge on any atom is 0.0626 e. The maximum atomic E-state index is 9.58. The van der Waals surface area contributed by atoms with E-state index >= 15 is 0 Å². The molecule has 2 heteroatoms. The van der Waals surface area contributed by atoms with Crippen LogP contribution in [-0.2, 0) is 23.7 Å². The standard InChI is InChI=1S/C80H60N2/c1-3-57-33-37-59(38-34-57)55-79(63-21-9-5-10-22-63)75-31-19-17-29-71(75)73-51-49-69(53-77(73)79)81(65-25-13-7-14-26-65)67-45-41-61(42-46-67)62-43-47-68(48-44-62)82(66-27-15-8-16-28-66)70-50-52-74-72-30-18-20-32-76(72)80(78(74)54-70,64-23-11-6-12-24-64)56-60-39-35-58(4-2)36-40-60/h3-54H,1-2,55-56H2/i5D,6D,9D,10D,11D,12D,21D,22D,23D,24D. The molecule has 390 valence electrons. The summed E-state index contributed by atoms with van der Waals surface area (Å²) >= 11 is 0. The van der Waals surface area contributed by atoms with Crippen molar-refractivity contribution in [2.75, 3.05) is 9.80 Å². The van der Waals surface area contributed by atoms with Crippen LogP contribution in [0.25, 0.3) is 45.5 Å². The highest BCUT2D eigenvalue weighted by Gasteiger charge is 2.46. The van der Waals surface area contributed by atoms with Crippen molar-refractivity contribution in [3.05, 3.63) is 372 Å². The van der Waals surface area contributed by atoms with Gasteiger partial charge >= 0.3 is 0 Å². The molecule has 0 saturated heterocycles. The fraction of sp³-hybridized carbons (Fsp3) is 0.0500. The van der Waals surface area contributed by atoms with Crippen LogP contribution in [0.2, 0.25) is 0 Å². The summed E-state index contributed by atoms with van der Waals surface area (Å²) in [5.41, 5.74) is 16.1. The second-order valence-corrected chi connectivity index (χ2v) is 21.0. The van der Waals surface area contributed by atoms with Crippen LogP contribution in [0, 0.1) is 0 Å². The minimum absolute atomic E-state index is 0.224. The third-order valence-corrected chi connectivity index (χ3v) is 16.6. The molecule has 82 heavy (non-hydrogen) atoms. The van der Waals surface area contributed by atoms with Crippen LogP contribution < -0.4 is 9.80 Å². The first-order chi connectivity index (χ1) is 44.7. The summed E-state index contributed by atoms with van der Waals surface area (Å²) in [6, 6.07) is 78.7. The maximum absolute atomic E-state index is 9.58. The lowest BCUT2D eigenvalue weighted by Crippen LogP contribution is -2.30. The molecule has 0 aliphatic heterocycles. The van der Waals surface area contributed by atoms with Crippen LogP contribution >= 0.6 is 0 Å². The minimum Gasteiger partial charge on any atom is -0.310 e. The Kier molecular flexibility index (Phi) is 10.3. The Morgan fingerprint density at radius 3 is 1.02 bits per heavy atom. The predicted molar refractivity (Wildman–Crippen MR) is 345 cm³/mol. The predicted octanol–water partition coefficient (Wildman–Crippen LogP) is 20.7. The van der Waals surface area contributed by atoms with E-state index in [-0.39, 0.29) is 59.5 Å². The summed E-state index contributed by atoms with van der Waals surface area (Å²) in [5.74, 6) is 0. The van der Waals surface area contributed by atoms with Crippen LogP contribution in [0.1, 0.15) is 69.3 Å². The third-order valence-electron chi connectivity index (χ3n) is 16.6. The Morgan fingerprint density at radius 1 is 0.317 bits per heavy atom. The van der Waals surface area contributed by atoms with Crippen molar-refractivity contribution in [2.24, 2.45) is 0 Å². The van der Waals surface area contributed by atoms with Gasteiger partial charge in [-0.3, -0.25) is 0 Å². The Morgan fingerprint density at radius 2 is 0.646 bits per heavy atom. The van der Waals surface area contributed by atoms with Gasteiger partial charge in [0.05, 0.1) is 24.5 Å². The van der Waals surface area contributed by atoms with Crippen molar-refractivity contribution in [1.29, 1.82) is 0 Å². The van der Waals surface area contributed by atoms with E-state index in [0.29, 0.717) is 12.8 Å². The molecule has 2 unspecified atom stereocenters. The van der Waals surface area contributed by atoms with E-state index in [1.54, 1.807) is 12.2 Å². The molecule has 0 aromatic heterocycles. The Bertz CT molecular complexity index is 4530. The van der Waals surface area contributed by atoms with Crippen molar-refractivity contribution in [3.63, 3.8) is 0 Å². The average molecular weight is 1060 g/mol. The molecule has 2 aliphatic carbocycles. The lowest BCUT2D eigenvalue weighted by Gasteiger charge is -2.34. The molecule has 0 heterocycles. The summed E-state index contributed by atoms with van der Waals surface area (Å²) in [4.78, 5) is 4.39. The molecule has 0 N–H and O–H groups in total. The van der Waals surface area contributed by atoms with E-state index in [2.05, 4.69) is 144 Å². The fourth-order valence-electron chi connectivity index (χ4n) is 12.8. The quantitative estimate of drug-likeness (QED) is 0.101. The second kappa shape index (κ2) is 21.1. The van der Waals surface area contributed by atoms with Crippen LogP contribution in [0.15, 0.2) is 316 Å². The molecule has 0 saturated carbocycles. The van der Waals surface area contributed by atoms with Gasteiger partial charge in [-0.05, 0) is 175 Å². The number of fused-ring (bicyclic) bond motifs is 6. The molecule has 12 aromatic carbocycles. The topological polar surface area (TPSA) is 6.48 Å². The lowest BCUT2D eigenvalue weighted by molar-refractivity contribution is 0.629. The molecule has 2 aliphatic rings. The number of hydrogen-bond donors (Lipinski definition) is 0. The zero-order valence-corrected chi connectivity index (χ0v) is 45.0. The molecule has 2 atom stereocenters. The summed E-state index contributed by atoms with van der Waals surface area (Å²) in [6.45, 7) is 7.94. The van der Waals surface area contributed by atoms with Gasteiger partial charge < -0.3 is 9.80 Å². The van der Waals surface area contributed by atoms with E-state index in [9.17, 15) is 5.48 Å². The lowest BCUT2D eigenvalue weighted by atomic mass is 9.68. The zero-order valence-electron chi connectivity index (χ0n) is 55.0. The first kappa shape index (κ1) is 40.0. The highest BCUT2D eigenvalue weighted by atomic mass is 15.1. The molecule has 0 radical (unpaired) electrons. The Balaban J connectivity index is 0.865. The molecule has 14 rings (SSSR count). The monoisotopic (exact) mass is 1060 g/mol. The largest absolute Gasteiger partial charge is 0.310 e. The van der Waals surface area contributed by atoms with Gasteiger partial charge in [-0.2, -0.15) is 0 Å². The van der Waals surface area contributed by atoms with Gasteiger partial charge in [0.25, 0.3) is 0 Å². The third kappa shape index (κ3) is 8.60. The molecule has 0 fully saturated rings. The van der Waals surface area contributed by atoms with Gasteiger partial charge in [-0.15, -0.1) is 0 Å². The van der Waals surface area contributed by atoms with Crippen LogP contribution in [-0.4, -0.2) is 0 Å². The van der Waals surface area contributed by atoms with Crippen LogP contribution in [0.5, 0.6) is 0 Å². The number of para-hydroxylation sites is 2. The number of benzene rings is 12. The van der Waals surface area contributed by atoms with Crippen LogP contribution in [0.3, 0.4) is 0 Å². The molecule has 0 spiro atoms. The van der Waals surface area contributed by atoms with Crippen molar-refractivity contribution in [2.45, 2.75) is 23.7 Å². The second-order valence-electron chi connectivity index (χ2n) is 21.0. The van der Waals surface area contributed by atoms with Crippen molar-refractivity contribution >= 4 is 46.3 Å². The number of anilines is 6. The van der Waals surface area contributed by atoms with E-state index in [0.717, 1.165) is 112 Å². The van der Waals surface area contributed by atoms with Gasteiger partial charge in [-0.1, -0.05) is 256 Å². The molecule has 0 bridgehead atoms. The average Bonchev–Trinajstić information content (AvgIpc) is 1.51. The summed E-state index contributed by atoms with van der Waals surface area (Å²) in [7, 11) is 0. The summed E-state index contributed by atoms with van der Waals surface area (Å²) in [5, 5.41) is 0. The molecule has 12 aromatic rings. The first-order valence-electron chi connectivity index (χ1n) is 32.6. The normalized spacial score (nSPS) is 17.1.